The Hall–Kier alpha value is -2.58. The van der Waals surface area contributed by atoms with Crippen LogP contribution in [-0.2, 0) is 17.2 Å². The number of hydrogen-bond acceptors (Lipinski definition) is 7. The van der Waals surface area contributed by atoms with E-state index in [1.807, 2.05) is 35.5 Å². The minimum absolute atomic E-state index is 0.00626. The van der Waals surface area contributed by atoms with E-state index in [0.717, 1.165) is 11.3 Å². The van der Waals surface area contributed by atoms with Gasteiger partial charge < -0.3 is 19.2 Å². The molecule has 1 aromatic carbocycles. The summed E-state index contributed by atoms with van der Waals surface area (Å²) >= 11 is 5.66. The normalized spacial score (nSPS) is 22.0. The number of alkyl halides is 1. The van der Waals surface area contributed by atoms with Crippen molar-refractivity contribution in [1.82, 2.24) is 25.5 Å². The zero-order valence-electron chi connectivity index (χ0n) is 14.1. The van der Waals surface area contributed by atoms with Gasteiger partial charge in [0.2, 0.25) is 5.89 Å². The minimum atomic E-state index is -0.272. The highest BCUT2D eigenvalue weighted by Gasteiger charge is 2.40. The molecule has 26 heavy (non-hydrogen) atoms. The Bertz CT molecular complexity index is 822. The van der Waals surface area contributed by atoms with Crippen LogP contribution in [0, 0.1) is 0 Å². The summed E-state index contributed by atoms with van der Waals surface area (Å²) in [5.74, 6) is 1.74. The van der Waals surface area contributed by atoms with Gasteiger partial charge in [0.15, 0.2) is 5.82 Å². The van der Waals surface area contributed by atoms with Crippen molar-refractivity contribution in [2.45, 2.75) is 30.9 Å². The van der Waals surface area contributed by atoms with E-state index >= 15 is 0 Å². The monoisotopic (exact) mass is 375 g/mol. The quantitative estimate of drug-likeness (QED) is 0.799. The summed E-state index contributed by atoms with van der Waals surface area (Å²) in [5.41, 5.74) is 4.47. The van der Waals surface area contributed by atoms with Gasteiger partial charge in [-0.2, -0.15) is 4.98 Å². The second-order valence-corrected chi connectivity index (χ2v) is 6.38. The average molecular weight is 376 g/mol. The number of nitrogens with one attached hydrogen (secondary N) is 1. The van der Waals surface area contributed by atoms with Crippen LogP contribution in [0.2, 0.25) is 0 Å². The molecule has 2 aliphatic rings. The topological polar surface area (TPSA) is 83.7 Å². The number of methoxy groups -OCH3 is 1. The Labute approximate surface area is 155 Å². The van der Waals surface area contributed by atoms with E-state index in [2.05, 4.69) is 15.6 Å². The molecule has 4 rings (SSSR count). The van der Waals surface area contributed by atoms with Gasteiger partial charge in [-0.1, -0.05) is 17.3 Å². The number of fused-ring (bicyclic) bond motifs is 1. The molecule has 1 amide bonds. The Morgan fingerprint density at radius 2 is 2.15 bits per heavy atom. The molecule has 2 atom stereocenters. The first-order valence-electron chi connectivity index (χ1n) is 8.22. The van der Waals surface area contributed by atoms with Gasteiger partial charge in [0.05, 0.1) is 19.7 Å². The van der Waals surface area contributed by atoms with E-state index in [4.69, 9.17) is 20.9 Å². The number of carbonyl (C=O) groups excluding carboxylic acids is 1. The SMILES string of the molecule is COc1ccc(C2CC3C(=O)N(Cc4noc(CCl)n4)C=CN3N2)cc1. The maximum Gasteiger partial charge on any atom is 0.251 e. The fraction of sp³-hybridized carbons (Fsp3) is 0.353. The molecule has 136 valence electrons. The van der Waals surface area contributed by atoms with E-state index in [-0.39, 0.29) is 30.4 Å². The zero-order valence-corrected chi connectivity index (χ0v) is 14.9. The largest absolute Gasteiger partial charge is 0.497 e. The first kappa shape index (κ1) is 16.9. The van der Waals surface area contributed by atoms with Gasteiger partial charge in [-0.25, -0.2) is 5.43 Å². The van der Waals surface area contributed by atoms with Crippen molar-refractivity contribution in [3.63, 3.8) is 0 Å². The Balaban J connectivity index is 1.45. The highest BCUT2D eigenvalue weighted by atomic mass is 35.5. The molecule has 9 heteroatoms. The molecule has 1 N–H and O–H groups in total. The van der Waals surface area contributed by atoms with Crippen LogP contribution in [0.5, 0.6) is 5.75 Å². The van der Waals surface area contributed by atoms with Crippen molar-refractivity contribution < 1.29 is 14.1 Å². The maximum absolute atomic E-state index is 12.8. The van der Waals surface area contributed by atoms with E-state index in [1.165, 1.54) is 0 Å². The summed E-state index contributed by atoms with van der Waals surface area (Å²) in [6.45, 7) is 0.257. The van der Waals surface area contributed by atoms with E-state index in [9.17, 15) is 4.79 Å². The smallest absolute Gasteiger partial charge is 0.251 e. The van der Waals surface area contributed by atoms with Crippen LogP contribution in [0.25, 0.3) is 0 Å². The van der Waals surface area contributed by atoms with Crippen molar-refractivity contribution >= 4 is 17.5 Å². The third kappa shape index (κ3) is 3.13. The lowest BCUT2D eigenvalue weighted by atomic mass is 10.0. The summed E-state index contributed by atoms with van der Waals surface area (Å²) in [5, 5.41) is 5.70. The van der Waals surface area contributed by atoms with Crippen molar-refractivity contribution in [1.29, 1.82) is 0 Å². The van der Waals surface area contributed by atoms with Crippen molar-refractivity contribution in [2.75, 3.05) is 7.11 Å². The van der Waals surface area contributed by atoms with Crippen LogP contribution in [0.4, 0.5) is 0 Å². The molecule has 3 heterocycles. The number of amides is 1. The fourth-order valence-corrected chi connectivity index (χ4v) is 3.29. The van der Waals surface area contributed by atoms with Crippen LogP contribution in [-0.4, -0.2) is 39.1 Å². The number of benzene rings is 1. The molecule has 2 aromatic rings. The number of carbonyl (C=O) groups is 1. The predicted molar refractivity (Wildman–Crippen MR) is 92.7 cm³/mol. The fourth-order valence-electron chi connectivity index (χ4n) is 3.18. The van der Waals surface area contributed by atoms with Gasteiger partial charge >= 0.3 is 0 Å². The van der Waals surface area contributed by atoms with E-state index in [1.54, 1.807) is 18.2 Å². The van der Waals surface area contributed by atoms with Gasteiger partial charge in [0, 0.05) is 12.4 Å². The van der Waals surface area contributed by atoms with E-state index < -0.39 is 0 Å². The van der Waals surface area contributed by atoms with Gasteiger partial charge in [-0.3, -0.25) is 4.79 Å². The summed E-state index contributed by atoms with van der Waals surface area (Å²) in [7, 11) is 1.64. The summed E-state index contributed by atoms with van der Waals surface area (Å²) < 4.78 is 10.2. The predicted octanol–water partition coefficient (Wildman–Crippen LogP) is 1.95. The van der Waals surface area contributed by atoms with Gasteiger partial charge in [-0.15, -0.1) is 11.6 Å². The number of nitrogens with zero attached hydrogens (tertiary/aromatic N) is 4. The molecule has 1 saturated heterocycles. The highest BCUT2D eigenvalue weighted by molar-refractivity contribution is 6.16. The molecule has 2 unspecified atom stereocenters. The Kier molecular flexibility index (Phi) is 4.52. The number of ether oxygens (including phenoxy) is 1. The average Bonchev–Trinajstić information content (AvgIpc) is 3.31. The molecular formula is C17H18ClN5O3. The molecule has 0 bridgehead atoms. The van der Waals surface area contributed by atoms with Crippen LogP contribution in [0.1, 0.15) is 29.7 Å². The molecule has 1 aromatic heterocycles. The van der Waals surface area contributed by atoms with Crippen molar-refractivity contribution in [3.05, 3.63) is 53.9 Å². The van der Waals surface area contributed by atoms with Crippen molar-refractivity contribution in [2.24, 2.45) is 0 Å². The zero-order chi connectivity index (χ0) is 18.1. The molecule has 1 fully saturated rings. The van der Waals surface area contributed by atoms with Gasteiger partial charge in [0.25, 0.3) is 5.91 Å². The third-order valence-electron chi connectivity index (χ3n) is 4.53. The standard InChI is InChI=1S/C17H18ClN5O3/c1-25-12-4-2-11(3-5-12)13-8-14-17(24)22(6-7-23(14)20-13)10-15-19-16(9-18)26-21-15/h2-7,13-14,20H,8-10H2,1H3. The van der Waals surface area contributed by atoms with Crippen molar-refractivity contribution in [3.8, 4) is 5.75 Å². The van der Waals surface area contributed by atoms with Gasteiger partial charge in [-0.05, 0) is 24.1 Å². The van der Waals surface area contributed by atoms with Crippen LogP contribution in [0.3, 0.4) is 0 Å². The lowest BCUT2D eigenvalue weighted by Crippen LogP contribution is -2.47. The lowest BCUT2D eigenvalue weighted by Gasteiger charge is -2.31. The molecule has 2 aliphatic heterocycles. The van der Waals surface area contributed by atoms with Gasteiger partial charge in [0.1, 0.15) is 17.7 Å². The first-order chi connectivity index (χ1) is 12.7. The number of hydrazine groups is 1. The molecule has 0 spiro atoms. The minimum Gasteiger partial charge on any atom is -0.497 e. The molecule has 8 nitrogen and oxygen atoms in total. The number of rotatable bonds is 5. The Morgan fingerprint density at radius 1 is 1.35 bits per heavy atom. The second-order valence-electron chi connectivity index (χ2n) is 6.12. The molecular weight excluding hydrogens is 358 g/mol. The highest BCUT2D eigenvalue weighted by Crippen LogP contribution is 2.31. The second kappa shape index (κ2) is 6.97. The lowest BCUT2D eigenvalue weighted by molar-refractivity contribution is -0.135. The summed E-state index contributed by atoms with van der Waals surface area (Å²) in [4.78, 5) is 18.6. The number of aromatic nitrogens is 2. The van der Waals surface area contributed by atoms with Crippen LogP contribution >= 0.6 is 11.6 Å². The van der Waals surface area contributed by atoms with Crippen LogP contribution < -0.4 is 10.2 Å². The first-order valence-corrected chi connectivity index (χ1v) is 8.76. The summed E-state index contributed by atoms with van der Waals surface area (Å²) in [6.07, 6.45) is 4.25. The molecule has 0 radical (unpaired) electrons. The van der Waals surface area contributed by atoms with Crippen LogP contribution in [0.15, 0.2) is 41.2 Å². The number of halogens is 1. The Morgan fingerprint density at radius 3 is 2.85 bits per heavy atom. The third-order valence-corrected chi connectivity index (χ3v) is 4.76. The number of hydrogen-bond donors (Lipinski definition) is 1. The molecule has 0 saturated carbocycles. The maximum atomic E-state index is 12.8. The summed E-state index contributed by atoms with van der Waals surface area (Å²) in [6, 6.07) is 7.65. The molecule has 0 aliphatic carbocycles. The van der Waals surface area contributed by atoms with E-state index in [0.29, 0.717) is 18.1 Å².